The zero-order valence-electron chi connectivity index (χ0n) is 17.7. The zero-order valence-corrected chi connectivity index (χ0v) is 18.5. The Morgan fingerprint density at radius 2 is 1.88 bits per heavy atom. The van der Waals surface area contributed by atoms with Crippen molar-refractivity contribution in [1.82, 2.24) is 4.90 Å². The van der Waals surface area contributed by atoms with Gasteiger partial charge in [0.2, 0.25) is 17.7 Å². The lowest BCUT2D eigenvalue weighted by molar-refractivity contribution is -0.135. The van der Waals surface area contributed by atoms with Crippen molar-refractivity contribution in [2.45, 2.75) is 31.3 Å². The van der Waals surface area contributed by atoms with Crippen molar-refractivity contribution >= 4 is 40.7 Å². The van der Waals surface area contributed by atoms with Gasteiger partial charge in [-0.25, -0.2) is 4.90 Å². The molecule has 2 aromatic rings. The Balaban J connectivity index is 1.54. The van der Waals surface area contributed by atoms with Crippen molar-refractivity contribution in [3.63, 3.8) is 0 Å². The molecule has 0 bridgehead atoms. The molecule has 4 aliphatic rings. The van der Waals surface area contributed by atoms with E-state index in [1.54, 1.807) is 43.5 Å². The fourth-order valence-corrected chi connectivity index (χ4v) is 6.69. The highest BCUT2D eigenvalue weighted by molar-refractivity contribution is 6.31. The van der Waals surface area contributed by atoms with Crippen LogP contribution in [0.1, 0.15) is 24.0 Å². The van der Waals surface area contributed by atoms with Crippen LogP contribution in [0.5, 0.6) is 5.75 Å². The molecular weight excluding hydrogens is 430 g/mol. The minimum Gasteiger partial charge on any atom is -0.497 e. The van der Waals surface area contributed by atoms with Crippen LogP contribution in [0.2, 0.25) is 5.02 Å². The van der Waals surface area contributed by atoms with E-state index in [0.29, 0.717) is 34.3 Å². The minimum atomic E-state index is -1.22. The first-order chi connectivity index (χ1) is 15.4. The Bertz CT molecular complexity index is 1200. The van der Waals surface area contributed by atoms with Gasteiger partial charge in [0, 0.05) is 22.3 Å². The van der Waals surface area contributed by atoms with Gasteiger partial charge >= 0.3 is 0 Å². The van der Waals surface area contributed by atoms with Crippen LogP contribution >= 0.6 is 11.6 Å². The summed E-state index contributed by atoms with van der Waals surface area (Å²) in [4.78, 5) is 44.6. The summed E-state index contributed by atoms with van der Waals surface area (Å²) in [6.07, 6.45) is 1.66. The molecule has 0 aliphatic carbocycles. The number of amides is 3. The van der Waals surface area contributed by atoms with E-state index in [-0.39, 0.29) is 23.8 Å². The number of nitrogens with one attached hydrogen (secondary N) is 1. The number of nitrogens with zero attached hydrogens (tertiary/aromatic N) is 2. The first-order valence-corrected chi connectivity index (χ1v) is 11.2. The summed E-state index contributed by atoms with van der Waals surface area (Å²) in [5, 5.41) is 3.53. The SMILES string of the molecule is COc1ccc(N2C(=O)[C@@H]3[C@@H]4CCCN4[C@@]4(C(=O)Nc5c(C)cc(Cl)cc54)[C@H]3C2=O)cc1. The summed E-state index contributed by atoms with van der Waals surface area (Å²) >= 11 is 6.41. The molecule has 1 spiro atoms. The number of fused-ring (bicyclic) bond motifs is 7. The molecule has 4 heterocycles. The number of ether oxygens (including phenoxy) is 1. The molecule has 0 unspecified atom stereocenters. The third-order valence-electron chi connectivity index (χ3n) is 7.59. The highest BCUT2D eigenvalue weighted by Crippen LogP contribution is 2.61. The van der Waals surface area contributed by atoms with Crippen LogP contribution < -0.4 is 15.0 Å². The quantitative estimate of drug-likeness (QED) is 0.710. The molecule has 6 rings (SSSR count). The van der Waals surface area contributed by atoms with Gasteiger partial charge in [-0.2, -0.15) is 0 Å². The van der Waals surface area contributed by atoms with Crippen LogP contribution in [0.25, 0.3) is 0 Å². The van der Waals surface area contributed by atoms with Gasteiger partial charge in [0.25, 0.3) is 0 Å². The summed E-state index contributed by atoms with van der Waals surface area (Å²) in [6, 6.07) is 10.3. The van der Waals surface area contributed by atoms with Gasteiger partial charge in [0.1, 0.15) is 11.3 Å². The molecule has 3 amide bonds. The number of hydrogen-bond acceptors (Lipinski definition) is 5. The molecule has 4 aliphatic heterocycles. The van der Waals surface area contributed by atoms with Crippen molar-refractivity contribution in [1.29, 1.82) is 0 Å². The number of methoxy groups -OCH3 is 1. The Morgan fingerprint density at radius 3 is 2.59 bits per heavy atom. The maximum atomic E-state index is 13.9. The monoisotopic (exact) mass is 451 g/mol. The lowest BCUT2D eigenvalue weighted by Gasteiger charge is -2.36. The molecule has 4 atom stereocenters. The number of rotatable bonds is 2. The standard InChI is InChI=1S/C24H22ClN3O4/c1-12-10-13(25)11-16-20(12)26-23(31)24(16)19-18(17-4-3-9-27(17)24)21(29)28(22(19)30)14-5-7-15(32-2)8-6-14/h5-8,10-11,17-19H,3-4,9H2,1-2H3,(H,26,31)/t17-,18+,19+,24+/m0/s1. The van der Waals surface area contributed by atoms with E-state index in [0.717, 1.165) is 18.4 Å². The third kappa shape index (κ3) is 2.22. The molecule has 7 nitrogen and oxygen atoms in total. The third-order valence-corrected chi connectivity index (χ3v) is 7.81. The Hall–Kier alpha value is -2.90. The van der Waals surface area contributed by atoms with Crippen LogP contribution in [0, 0.1) is 18.8 Å². The molecule has 2 aromatic carbocycles. The average molecular weight is 452 g/mol. The van der Waals surface area contributed by atoms with Gasteiger partial charge in [-0.3, -0.25) is 19.3 Å². The number of imide groups is 1. The van der Waals surface area contributed by atoms with Crippen LogP contribution in [-0.2, 0) is 19.9 Å². The molecule has 8 heteroatoms. The van der Waals surface area contributed by atoms with Gasteiger partial charge in [-0.1, -0.05) is 11.6 Å². The second-order valence-electron chi connectivity index (χ2n) is 8.98. The molecule has 164 valence electrons. The Kier molecular flexibility index (Phi) is 4.05. The van der Waals surface area contributed by atoms with Crippen molar-refractivity contribution in [2.75, 3.05) is 23.9 Å². The van der Waals surface area contributed by atoms with Gasteiger partial charge < -0.3 is 10.1 Å². The minimum absolute atomic E-state index is 0.157. The van der Waals surface area contributed by atoms with Crippen molar-refractivity contribution in [3.8, 4) is 5.75 Å². The predicted octanol–water partition coefficient (Wildman–Crippen LogP) is 3.09. The largest absolute Gasteiger partial charge is 0.497 e. The van der Waals surface area contributed by atoms with Crippen molar-refractivity contribution in [3.05, 3.63) is 52.5 Å². The number of carbonyl (C=O) groups excluding carboxylic acids is 3. The topological polar surface area (TPSA) is 79.0 Å². The van der Waals surface area contributed by atoms with E-state index in [9.17, 15) is 14.4 Å². The van der Waals surface area contributed by atoms with Crippen molar-refractivity contribution in [2.24, 2.45) is 11.8 Å². The second-order valence-corrected chi connectivity index (χ2v) is 9.42. The fourth-order valence-electron chi connectivity index (χ4n) is 6.42. The number of anilines is 2. The van der Waals surface area contributed by atoms with Gasteiger partial charge in [0.15, 0.2) is 0 Å². The summed E-state index contributed by atoms with van der Waals surface area (Å²) in [7, 11) is 1.56. The lowest BCUT2D eigenvalue weighted by Crippen LogP contribution is -2.54. The smallest absolute Gasteiger partial charge is 0.250 e. The number of halogens is 1. The molecule has 0 radical (unpaired) electrons. The van der Waals surface area contributed by atoms with Crippen molar-refractivity contribution < 1.29 is 19.1 Å². The number of hydrogen-bond donors (Lipinski definition) is 1. The molecule has 0 saturated carbocycles. The van der Waals surface area contributed by atoms with Crippen LogP contribution in [-0.4, -0.2) is 42.3 Å². The first kappa shape index (κ1) is 19.8. The molecule has 3 fully saturated rings. The van der Waals surface area contributed by atoms with E-state index in [1.165, 1.54) is 4.90 Å². The summed E-state index contributed by atoms with van der Waals surface area (Å²) < 4.78 is 5.21. The molecular formula is C24H22ClN3O4. The Morgan fingerprint density at radius 1 is 1.12 bits per heavy atom. The van der Waals surface area contributed by atoms with E-state index >= 15 is 0 Å². The summed E-state index contributed by atoms with van der Waals surface area (Å²) in [5.41, 5.74) is 1.54. The van der Waals surface area contributed by atoms with E-state index in [4.69, 9.17) is 16.3 Å². The highest BCUT2D eigenvalue weighted by Gasteiger charge is 2.74. The second kappa shape index (κ2) is 6.56. The number of benzene rings is 2. The predicted molar refractivity (Wildman–Crippen MR) is 119 cm³/mol. The molecule has 3 saturated heterocycles. The van der Waals surface area contributed by atoms with Crippen LogP contribution in [0.15, 0.2) is 36.4 Å². The molecule has 0 aromatic heterocycles. The van der Waals surface area contributed by atoms with E-state index < -0.39 is 17.4 Å². The zero-order chi connectivity index (χ0) is 22.4. The van der Waals surface area contributed by atoms with Gasteiger partial charge in [-0.05, 0) is 68.3 Å². The normalized spacial score (nSPS) is 30.7. The van der Waals surface area contributed by atoms with E-state index in [2.05, 4.69) is 10.2 Å². The van der Waals surface area contributed by atoms with Crippen LogP contribution in [0.3, 0.4) is 0 Å². The maximum absolute atomic E-state index is 13.9. The van der Waals surface area contributed by atoms with Crippen LogP contribution in [0.4, 0.5) is 11.4 Å². The van der Waals surface area contributed by atoms with E-state index in [1.807, 2.05) is 6.92 Å². The number of aryl methyl sites for hydroxylation is 1. The molecule has 1 N–H and O–H groups in total. The van der Waals surface area contributed by atoms with Gasteiger partial charge in [0.05, 0.1) is 24.6 Å². The lowest BCUT2D eigenvalue weighted by atomic mass is 9.75. The number of carbonyl (C=O) groups is 3. The van der Waals surface area contributed by atoms with Gasteiger partial charge in [-0.15, -0.1) is 0 Å². The summed E-state index contributed by atoms with van der Waals surface area (Å²) in [5.74, 6) is -1.53. The highest BCUT2D eigenvalue weighted by atomic mass is 35.5. The molecule has 32 heavy (non-hydrogen) atoms. The fraction of sp³-hybridized carbons (Fsp3) is 0.375. The Labute approximate surface area is 190 Å². The summed E-state index contributed by atoms with van der Waals surface area (Å²) in [6.45, 7) is 2.56. The maximum Gasteiger partial charge on any atom is 0.250 e. The first-order valence-electron chi connectivity index (χ1n) is 10.8. The average Bonchev–Trinajstić information content (AvgIpc) is 3.47.